The molecule has 238 valence electrons. The molecule has 3 aliphatic rings. The number of carboxylic acid groups (broad SMARTS) is 1. The summed E-state index contributed by atoms with van der Waals surface area (Å²) in [6.07, 6.45) is 12.6. The molecule has 1 aromatic carbocycles. The van der Waals surface area contributed by atoms with Crippen LogP contribution in [0.1, 0.15) is 147 Å². The van der Waals surface area contributed by atoms with Gasteiger partial charge < -0.3 is 15.3 Å². The van der Waals surface area contributed by atoms with Gasteiger partial charge in [-0.15, -0.1) is 0 Å². The molecule has 0 radical (unpaired) electrons. The number of hydrogen-bond acceptors (Lipinski definition) is 4. The summed E-state index contributed by atoms with van der Waals surface area (Å²) in [5.41, 5.74) is 2.15. The van der Waals surface area contributed by atoms with Crippen molar-refractivity contribution < 1.29 is 19.5 Å². The maximum atomic E-state index is 14.5. The van der Waals surface area contributed by atoms with E-state index in [0.717, 1.165) is 56.2 Å². The molecule has 0 aromatic heterocycles. The van der Waals surface area contributed by atoms with Crippen molar-refractivity contribution in [2.45, 2.75) is 137 Å². The molecule has 1 atom stereocenters. The summed E-state index contributed by atoms with van der Waals surface area (Å²) in [5, 5.41) is 11.6. The molecular formula is C36H55N3O4. The van der Waals surface area contributed by atoms with Crippen LogP contribution in [0.4, 0.5) is 0 Å². The molecule has 7 nitrogen and oxygen atoms in total. The fourth-order valence-electron chi connectivity index (χ4n) is 7.47. The van der Waals surface area contributed by atoms with E-state index in [1.54, 1.807) is 0 Å². The minimum atomic E-state index is -0.942. The maximum Gasteiger partial charge on any atom is 0.305 e. The van der Waals surface area contributed by atoms with Crippen LogP contribution in [0, 0.1) is 22.7 Å². The number of carboxylic acids is 1. The van der Waals surface area contributed by atoms with E-state index in [-0.39, 0.29) is 41.7 Å². The molecule has 2 aliphatic carbocycles. The standard InChI is InChI=1S/C36H55N3O4/c1-34(2,3)20-18-30(26-12-14-27(15-13-26)32(42)37-23-19-31(40)41)39-33(43)29(24-25-10-8-7-9-11-25)38-36(39)21-16-28(17-22-36)35(4,5)6/h12-15,25,28,30H,7-11,16-24H2,1-6H3,(H,37,42)(H,40,41)/t28?,30-,36?/m1/s1. The van der Waals surface area contributed by atoms with Gasteiger partial charge in [-0.25, -0.2) is 0 Å². The molecule has 0 saturated heterocycles. The first-order chi connectivity index (χ1) is 20.2. The number of amides is 2. The molecular weight excluding hydrogens is 538 g/mol. The predicted molar refractivity (Wildman–Crippen MR) is 172 cm³/mol. The Labute approximate surface area is 259 Å². The lowest BCUT2D eigenvalue weighted by atomic mass is 9.69. The van der Waals surface area contributed by atoms with Gasteiger partial charge in [0.25, 0.3) is 11.8 Å². The van der Waals surface area contributed by atoms with Crippen molar-refractivity contribution in [3.8, 4) is 0 Å². The van der Waals surface area contributed by atoms with Crippen LogP contribution in [-0.4, -0.2) is 45.7 Å². The smallest absolute Gasteiger partial charge is 0.305 e. The van der Waals surface area contributed by atoms with Crippen molar-refractivity contribution in [3.05, 3.63) is 35.4 Å². The van der Waals surface area contributed by atoms with Gasteiger partial charge in [-0.3, -0.25) is 19.4 Å². The van der Waals surface area contributed by atoms with Crippen LogP contribution in [0.3, 0.4) is 0 Å². The minimum Gasteiger partial charge on any atom is -0.481 e. The van der Waals surface area contributed by atoms with E-state index in [1.807, 2.05) is 24.3 Å². The third-order valence-corrected chi connectivity index (χ3v) is 10.1. The largest absolute Gasteiger partial charge is 0.481 e. The predicted octanol–water partition coefficient (Wildman–Crippen LogP) is 7.94. The van der Waals surface area contributed by atoms with E-state index >= 15 is 0 Å². The molecule has 43 heavy (non-hydrogen) atoms. The summed E-state index contributed by atoms with van der Waals surface area (Å²) in [5.74, 6) is 0.0506. The third-order valence-electron chi connectivity index (χ3n) is 10.1. The normalized spacial score (nSPS) is 24.2. The van der Waals surface area contributed by atoms with Crippen molar-refractivity contribution >= 4 is 23.5 Å². The number of aliphatic imine (C=N–C) groups is 1. The highest BCUT2D eigenvalue weighted by Crippen LogP contribution is 2.50. The average molecular weight is 594 g/mol. The monoisotopic (exact) mass is 593 g/mol. The van der Waals surface area contributed by atoms with Crippen molar-refractivity contribution in [3.63, 3.8) is 0 Å². The van der Waals surface area contributed by atoms with Crippen molar-refractivity contribution in [2.24, 2.45) is 27.7 Å². The fourth-order valence-corrected chi connectivity index (χ4v) is 7.47. The Morgan fingerprint density at radius 3 is 2.19 bits per heavy atom. The molecule has 2 amide bonds. The van der Waals surface area contributed by atoms with Crippen LogP contribution >= 0.6 is 0 Å². The quantitative estimate of drug-likeness (QED) is 0.288. The molecule has 1 aromatic rings. The minimum absolute atomic E-state index is 0.0889. The summed E-state index contributed by atoms with van der Waals surface area (Å²) in [4.78, 5) is 45.6. The van der Waals surface area contributed by atoms with Gasteiger partial charge in [0, 0.05) is 12.1 Å². The molecule has 4 rings (SSSR count). The van der Waals surface area contributed by atoms with E-state index in [2.05, 4.69) is 51.8 Å². The van der Waals surface area contributed by atoms with Gasteiger partial charge in [0.2, 0.25) is 0 Å². The summed E-state index contributed by atoms with van der Waals surface area (Å²) in [7, 11) is 0. The Hall–Kier alpha value is -2.70. The molecule has 1 spiro atoms. The highest BCUT2D eigenvalue weighted by molar-refractivity contribution is 6.40. The summed E-state index contributed by atoms with van der Waals surface area (Å²) < 4.78 is 0. The Bertz CT molecular complexity index is 1160. The first-order valence-electron chi connectivity index (χ1n) is 16.7. The van der Waals surface area contributed by atoms with Crippen molar-refractivity contribution in [2.75, 3.05) is 6.54 Å². The number of benzene rings is 1. The second-order valence-corrected chi connectivity index (χ2v) is 15.7. The number of aliphatic carboxylic acids is 1. The van der Waals surface area contributed by atoms with Crippen LogP contribution in [0.5, 0.6) is 0 Å². The first kappa shape index (κ1) is 33.2. The Balaban J connectivity index is 1.65. The molecule has 2 saturated carbocycles. The number of rotatable bonds is 10. The van der Waals surface area contributed by atoms with Crippen molar-refractivity contribution in [1.29, 1.82) is 0 Å². The fraction of sp³-hybridized carbons (Fsp3) is 0.722. The van der Waals surface area contributed by atoms with E-state index in [4.69, 9.17) is 10.1 Å². The lowest BCUT2D eigenvalue weighted by molar-refractivity contribution is -0.137. The van der Waals surface area contributed by atoms with Gasteiger partial charge in [-0.1, -0.05) is 85.8 Å². The summed E-state index contributed by atoms with van der Waals surface area (Å²) in [6, 6.07) is 7.46. The number of carbonyl (C=O) groups excluding carboxylic acids is 2. The van der Waals surface area contributed by atoms with Crippen molar-refractivity contribution in [1.82, 2.24) is 10.2 Å². The molecule has 1 aliphatic heterocycles. The lowest BCUT2D eigenvalue weighted by Gasteiger charge is -2.48. The van der Waals surface area contributed by atoms with Crippen LogP contribution < -0.4 is 5.32 Å². The molecule has 2 N–H and O–H groups in total. The Morgan fingerprint density at radius 1 is 1.00 bits per heavy atom. The molecule has 0 unspecified atom stereocenters. The van der Waals surface area contributed by atoms with Gasteiger partial charge in [-0.05, 0) is 85.3 Å². The maximum absolute atomic E-state index is 14.5. The number of nitrogens with one attached hydrogen (secondary N) is 1. The second kappa shape index (κ2) is 13.5. The summed E-state index contributed by atoms with van der Waals surface area (Å²) >= 11 is 0. The van der Waals surface area contributed by atoms with Crippen LogP contribution in [-0.2, 0) is 9.59 Å². The van der Waals surface area contributed by atoms with Gasteiger partial charge in [0.05, 0.1) is 12.5 Å². The summed E-state index contributed by atoms with van der Waals surface area (Å²) in [6.45, 7) is 13.8. The van der Waals surface area contributed by atoms with Crippen LogP contribution in [0.2, 0.25) is 0 Å². The van der Waals surface area contributed by atoms with Crippen LogP contribution in [0.25, 0.3) is 0 Å². The van der Waals surface area contributed by atoms with E-state index in [9.17, 15) is 14.4 Å². The molecule has 0 bridgehead atoms. The zero-order valence-corrected chi connectivity index (χ0v) is 27.5. The first-order valence-corrected chi connectivity index (χ1v) is 16.7. The highest BCUT2D eigenvalue weighted by Gasteiger charge is 2.52. The van der Waals surface area contributed by atoms with Crippen LogP contribution in [0.15, 0.2) is 29.3 Å². The van der Waals surface area contributed by atoms with Gasteiger partial charge >= 0.3 is 5.97 Å². The van der Waals surface area contributed by atoms with Gasteiger partial charge in [-0.2, -0.15) is 0 Å². The molecule has 7 heteroatoms. The number of carbonyl (C=O) groups is 3. The zero-order chi connectivity index (χ0) is 31.4. The zero-order valence-electron chi connectivity index (χ0n) is 27.5. The van der Waals surface area contributed by atoms with Gasteiger partial charge in [0.15, 0.2) is 0 Å². The highest BCUT2D eigenvalue weighted by atomic mass is 16.4. The van der Waals surface area contributed by atoms with E-state index in [0.29, 0.717) is 17.4 Å². The topological polar surface area (TPSA) is 99.1 Å². The third kappa shape index (κ3) is 8.48. The lowest BCUT2D eigenvalue weighted by Crippen LogP contribution is -2.51. The molecule has 2 fully saturated rings. The second-order valence-electron chi connectivity index (χ2n) is 15.7. The Kier molecular flexibility index (Phi) is 10.4. The SMILES string of the molecule is CC(C)(C)CC[C@H](c1ccc(C(=O)NCCC(=O)O)cc1)N1C(=O)C(CC2CCCCC2)=NC12CCC(C(C)(C)C)CC2. The number of nitrogens with zero attached hydrogens (tertiary/aromatic N) is 2. The average Bonchev–Trinajstić information content (AvgIpc) is 3.18. The Morgan fingerprint density at radius 2 is 1.63 bits per heavy atom. The molecule has 1 heterocycles. The number of hydrogen-bond donors (Lipinski definition) is 2. The van der Waals surface area contributed by atoms with Gasteiger partial charge in [0.1, 0.15) is 11.4 Å². The van der Waals surface area contributed by atoms with E-state index < -0.39 is 11.6 Å². The van der Waals surface area contributed by atoms with E-state index in [1.165, 1.54) is 32.1 Å².